The summed E-state index contributed by atoms with van der Waals surface area (Å²) >= 11 is 0. The zero-order chi connectivity index (χ0) is 12.9. The number of cyclic esters (lactones) is 1. The minimum absolute atomic E-state index is 0.162. The van der Waals surface area contributed by atoms with Gasteiger partial charge in [-0.05, 0) is 37.3 Å². The summed E-state index contributed by atoms with van der Waals surface area (Å²) in [5.41, 5.74) is 1.12. The lowest BCUT2D eigenvalue weighted by Crippen LogP contribution is -2.37. The van der Waals surface area contributed by atoms with E-state index in [0.717, 1.165) is 16.9 Å². The molecule has 3 nitrogen and oxygen atoms in total. The molecule has 4 atom stereocenters. The van der Waals surface area contributed by atoms with Crippen molar-refractivity contribution in [2.75, 3.05) is 6.61 Å². The van der Waals surface area contributed by atoms with Gasteiger partial charge >= 0.3 is 5.97 Å². The van der Waals surface area contributed by atoms with Crippen molar-refractivity contribution in [1.29, 1.82) is 0 Å². The van der Waals surface area contributed by atoms with Crippen molar-refractivity contribution < 1.29 is 13.7 Å². The van der Waals surface area contributed by atoms with Crippen LogP contribution in [0.25, 0.3) is 0 Å². The van der Waals surface area contributed by atoms with Gasteiger partial charge in [0, 0.05) is 4.90 Å². The predicted octanol–water partition coefficient (Wildman–Crippen LogP) is 2.05. The van der Waals surface area contributed by atoms with Crippen molar-refractivity contribution in [2.24, 2.45) is 11.8 Å². The Balaban J connectivity index is 1.97. The highest BCUT2D eigenvalue weighted by molar-refractivity contribution is 7.87. The summed E-state index contributed by atoms with van der Waals surface area (Å²) in [6, 6.07) is 7.56. The summed E-state index contributed by atoms with van der Waals surface area (Å²) in [6.45, 7) is 4.46. The average Bonchev–Trinajstić information content (AvgIpc) is 2.98. The predicted molar refractivity (Wildman–Crippen MR) is 68.5 cm³/mol. The maximum absolute atomic E-state index is 12.7. The Bertz CT molecular complexity index is 522. The number of carbonyl (C=O) groups is 1. The van der Waals surface area contributed by atoms with E-state index < -0.39 is 15.5 Å². The molecule has 0 aromatic heterocycles. The van der Waals surface area contributed by atoms with Gasteiger partial charge in [0.25, 0.3) is 0 Å². The Morgan fingerprint density at radius 2 is 2.00 bits per heavy atom. The van der Waals surface area contributed by atoms with Gasteiger partial charge in [-0.3, -0.25) is 9.00 Å². The summed E-state index contributed by atoms with van der Waals surface area (Å²) in [5, 5.41) is 0. The van der Waals surface area contributed by atoms with Crippen molar-refractivity contribution in [1.82, 2.24) is 0 Å². The summed E-state index contributed by atoms with van der Waals surface area (Å²) in [4.78, 5) is 12.8. The molecule has 18 heavy (non-hydrogen) atoms. The van der Waals surface area contributed by atoms with Crippen LogP contribution in [0.3, 0.4) is 0 Å². The summed E-state index contributed by atoms with van der Waals surface area (Å²) in [6.07, 6.45) is 0.838. The first-order valence-corrected chi connectivity index (χ1v) is 7.39. The van der Waals surface area contributed by atoms with Crippen LogP contribution < -0.4 is 0 Å². The second-order valence-electron chi connectivity index (χ2n) is 5.19. The Kier molecular flexibility index (Phi) is 2.59. The number of hydrogen-bond donors (Lipinski definition) is 0. The number of fused-ring (bicyclic) bond motifs is 1. The van der Waals surface area contributed by atoms with Crippen LogP contribution in [0.2, 0.25) is 0 Å². The van der Waals surface area contributed by atoms with Crippen molar-refractivity contribution in [2.45, 2.75) is 29.9 Å². The SMILES string of the molecule is Cc1ccc(S(=O)[C@@]23C(=O)OCC[C@@H]2[C@H]3C)cc1. The summed E-state index contributed by atoms with van der Waals surface area (Å²) in [7, 11) is -1.30. The molecule has 96 valence electrons. The number of benzene rings is 1. The van der Waals surface area contributed by atoms with Crippen LogP contribution in [0.15, 0.2) is 29.2 Å². The molecule has 1 saturated heterocycles. The van der Waals surface area contributed by atoms with Gasteiger partial charge < -0.3 is 4.74 Å². The van der Waals surface area contributed by atoms with Crippen LogP contribution in [-0.4, -0.2) is 21.5 Å². The lowest BCUT2D eigenvalue weighted by Gasteiger charge is -2.20. The molecule has 1 aromatic carbocycles. The van der Waals surface area contributed by atoms with Crippen LogP contribution >= 0.6 is 0 Å². The fourth-order valence-corrected chi connectivity index (χ4v) is 5.06. The fraction of sp³-hybridized carbons (Fsp3) is 0.500. The second-order valence-corrected chi connectivity index (χ2v) is 6.88. The Labute approximate surface area is 109 Å². The molecule has 0 amide bonds. The minimum Gasteiger partial charge on any atom is -0.465 e. The zero-order valence-corrected chi connectivity index (χ0v) is 11.3. The van der Waals surface area contributed by atoms with E-state index in [9.17, 15) is 9.00 Å². The third-order valence-corrected chi connectivity index (χ3v) is 6.40. The molecule has 0 bridgehead atoms. The molecule has 2 aliphatic rings. The smallest absolute Gasteiger partial charge is 0.325 e. The van der Waals surface area contributed by atoms with Gasteiger partial charge in [-0.15, -0.1) is 0 Å². The maximum Gasteiger partial charge on any atom is 0.325 e. The molecule has 1 heterocycles. The van der Waals surface area contributed by atoms with Gasteiger partial charge in [-0.1, -0.05) is 24.6 Å². The van der Waals surface area contributed by atoms with Crippen molar-refractivity contribution in [3.63, 3.8) is 0 Å². The number of carbonyl (C=O) groups excluding carboxylic acids is 1. The van der Waals surface area contributed by atoms with Crippen LogP contribution in [0.4, 0.5) is 0 Å². The molecular weight excluding hydrogens is 248 g/mol. The van der Waals surface area contributed by atoms with Gasteiger partial charge in [-0.25, -0.2) is 0 Å². The quantitative estimate of drug-likeness (QED) is 0.768. The van der Waals surface area contributed by atoms with E-state index >= 15 is 0 Å². The number of ether oxygens (including phenoxy) is 1. The highest BCUT2D eigenvalue weighted by Crippen LogP contribution is 2.60. The zero-order valence-electron chi connectivity index (χ0n) is 10.5. The Hall–Kier alpha value is -1.16. The van der Waals surface area contributed by atoms with Gasteiger partial charge in [0.05, 0.1) is 17.4 Å². The van der Waals surface area contributed by atoms with Crippen LogP contribution in [0, 0.1) is 18.8 Å². The third-order valence-electron chi connectivity index (χ3n) is 4.24. The molecule has 1 aromatic rings. The van der Waals surface area contributed by atoms with Crippen LogP contribution in [-0.2, 0) is 20.3 Å². The first kappa shape index (κ1) is 11.9. The topological polar surface area (TPSA) is 43.4 Å². The van der Waals surface area contributed by atoms with Crippen LogP contribution in [0.1, 0.15) is 18.9 Å². The molecule has 2 fully saturated rings. The largest absolute Gasteiger partial charge is 0.465 e. The normalized spacial score (nSPS) is 35.6. The first-order chi connectivity index (χ1) is 8.58. The third kappa shape index (κ3) is 1.41. The van der Waals surface area contributed by atoms with Crippen molar-refractivity contribution in [3.05, 3.63) is 29.8 Å². The summed E-state index contributed by atoms with van der Waals surface area (Å²) < 4.78 is 17.1. The molecule has 0 N–H and O–H groups in total. The molecule has 0 radical (unpaired) electrons. The van der Waals surface area contributed by atoms with Gasteiger partial charge in [0.15, 0.2) is 4.75 Å². The standard InChI is InChI=1S/C14H16O3S/c1-9-3-5-11(6-4-9)18(16)14-10(2)12(14)7-8-17-13(14)15/h3-6,10,12H,7-8H2,1-2H3/t10-,12-,14-,18?/m1/s1. The van der Waals surface area contributed by atoms with Crippen molar-refractivity contribution >= 4 is 16.8 Å². The van der Waals surface area contributed by atoms with E-state index in [0.29, 0.717) is 6.61 Å². The molecule has 1 aliphatic heterocycles. The van der Waals surface area contributed by atoms with Gasteiger partial charge in [0.1, 0.15) is 0 Å². The Morgan fingerprint density at radius 3 is 2.61 bits per heavy atom. The summed E-state index contributed by atoms with van der Waals surface area (Å²) in [5.74, 6) is 0.112. The average molecular weight is 264 g/mol. The molecule has 4 heteroatoms. The van der Waals surface area contributed by atoms with E-state index in [1.165, 1.54) is 0 Å². The Morgan fingerprint density at radius 1 is 1.33 bits per heavy atom. The highest BCUT2D eigenvalue weighted by Gasteiger charge is 2.73. The molecule has 0 spiro atoms. The molecule has 1 saturated carbocycles. The van der Waals surface area contributed by atoms with E-state index in [2.05, 4.69) is 0 Å². The van der Waals surface area contributed by atoms with Crippen LogP contribution in [0.5, 0.6) is 0 Å². The van der Waals surface area contributed by atoms with E-state index in [-0.39, 0.29) is 17.8 Å². The highest BCUT2D eigenvalue weighted by atomic mass is 32.2. The van der Waals surface area contributed by atoms with Gasteiger partial charge in [-0.2, -0.15) is 0 Å². The van der Waals surface area contributed by atoms with Gasteiger partial charge in [0.2, 0.25) is 0 Å². The monoisotopic (exact) mass is 264 g/mol. The first-order valence-electron chi connectivity index (χ1n) is 6.24. The number of hydrogen-bond acceptors (Lipinski definition) is 3. The lowest BCUT2D eigenvalue weighted by atomic mass is 10.2. The van der Waals surface area contributed by atoms with Crippen molar-refractivity contribution in [3.8, 4) is 0 Å². The van der Waals surface area contributed by atoms with E-state index in [4.69, 9.17) is 4.74 Å². The minimum atomic E-state index is -1.30. The molecule has 1 aliphatic carbocycles. The molecule has 1 unspecified atom stereocenters. The van der Waals surface area contributed by atoms with E-state index in [1.807, 2.05) is 38.1 Å². The lowest BCUT2D eigenvalue weighted by molar-refractivity contribution is -0.146. The fourth-order valence-electron chi connectivity index (χ4n) is 3.05. The molecule has 3 rings (SSSR count). The second kappa shape index (κ2) is 3.92. The number of esters is 1. The molecular formula is C14H16O3S. The van der Waals surface area contributed by atoms with E-state index in [1.54, 1.807) is 0 Å². The maximum atomic E-state index is 12.7. The number of aryl methyl sites for hydroxylation is 1. The number of rotatable bonds is 2.